The van der Waals surface area contributed by atoms with Crippen molar-refractivity contribution < 1.29 is 22.4 Å². The Bertz CT molecular complexity index is 1880. The summed E-state index contributed by atoms with van der Waals surface area (Å²) in [5.41, 5.74) is 1.18. The van der Waals surface area contributed by atoms with E-state index >= 15 is 0 Å². The molecule has 0 aromatic heterocycles. The molecule has 6 rings (SSSR count). The van der Waals surface area contributed by atoms with E-state index in [-0.39, 0.29) is 39.4 Å². The first-order chi connectivity index (χ1) is 24.0. The second-order valence-corrected chi connectivity index (χ2v) is 15.8. The van der Waals surface area contributed by atoms with Gasteiger partial charge in [-0.2, -0.15) is 5.26 Å². The number of sulfone groups is 1. The maximum Gasteiger partial charge on any atom is 0.247 e. The lowest BCUT2D eigenvalue weighted by Gasteiger charge is -2.48. The summed E-state index contributed by atoms with van der Waals surface area (Å²) >= 11 is 0. The zero-order chi connectivity index (χ0) is 35.5. The third-order valence-electron chi connectivity index (χ3n) is 10.8. The smallest absolute Gasteiger partial charge is 0.247 e. The fraction of sp³-hybridized carbons (Fsp3) is 0.410. The molecule has 1 unspecified atom stereocenters. The van der Waals surface area contributed by atoms with E-state index in [1.807, 2.05) is 18.2 Å². The van der Waals surface area contributed by atoms with E-state index in [1.165, 1.54) is 31.2 Å². The van der Waals surface area contributed by atoms with Gasteiger partial charge in [0.05, 0.1) is 21.3 Å². The monoisotopic (exact) mass is 697 g/mol. The van der Waals surface area contributed by atoms with Crippen molar-refractivity contribution in [3.63, 3.8) is 0 Å². The van der Waals surface area contributed by atoms with Crippen LogP contribution in [-0.2, 0) is 24.8 Å². The van der Waals surface area contributed by atoms with Crippen molar-refractivity contribution in [3.05, 3.63) is 96.8 Å². The number of amides is 2. The number of hydrogen-bond acceptors (Lipinski definition) is 7. The molecule has 1 saturated carbocycles. The normalized spacial score (nSPS) is 21.4. The fourth-order valence-electron chi connectivity index (χ4n) is 8.41. The maximum absolute atomic E-state index is 14.6. The van der Waals surface area contributed by atoms with Gasteiger partial charge in [-0.1, -0.05) is 31.2 Å². The minimum Gasteiger partial charge on any atom is -0.371 e. The molecule has 3 aliphatic rings. The van der Waals surface area contributed by atoms with Gasteiger partial charge in [-0.25, -0.2) is 12.8 Å². The van der Waals surface area contributed by atoms with E-state index in [1.54, 1.807) is 30.3 Å². The number of likely N-dealkylation sites (tertiary alicyclic amines) is 1. The van der Waals surface area contributed by atoms with Crippen molar-refractivity contribution in [2.45, 2.75) is 60.3 Å². The Hall–Kier alpha value is -4.53. The molecule has 3 aromatic rings. The molecule has 262 valence electrons. The first-order valence-corrected chi connectivity index (χ1v) is 18.8. The van der Waals surface area contributed by atoms with Crippen molar-refractivity contribution in [1.29, 1.82) is 5.26 Å². The molecule has 2 amide bonds. The number of carbonyl (C=O) groups is 2. The fourth-order valence-corrected chi connectivity index (χ4v) is 9.72. The largest absolute Gasteiger partial charge is 0.371 e. The average Bonchev–Trinajstić information content (AvgIpc) is 3.55. The Kier molecular flexibility index (Phi) is 10.4. The molecule has 2 aliphatic heterocycles. The lowest BCUT2D eigenvalue weighted by molar-refractivity contribution is -0.120. The van der Waals surface area contributed by atoms with Gasteiger partial charge >= 0.3 is 0 Å². The zero-order valence-electron chi connectivity index (χ0n) is 28.4. The molecule has 0 spiro atoms. The Balaban J connectivity index is 1.06. The highest BCUT2D eigenvalue weighted by atomic mass is 32.2. The van der Waals surface area contributed by atoms with E-state index in [0.717, 1.165) is 82.2 Å². The van der Waals surface area contributed by atoms with Crippen LogP contribution in [0, 0.1) is 34.9 Å². The standard InChI is InChI=1S/C39H44FN5O4S/c1-3-38(47)43-32-9-5-10-35(22-32)50(48,49)34-15-13-33(14-16-34)45-24-28(25-45)23-44-19-17-29(18-20-44)39(26-41,30-7-4-8-31(40)21-30)36-11-6-12-37(36)42-27(2)46/h3-5,7-10,13-16,21-22,28-29,36-37H,1,6,11-12,17-20,23-25H2,2H3,(H,42,46)(H,43,47)/t36-,37-,39?/m0/s1. The molecule has 2 saturated heterocycles. The van der Waals surface area contributed by atoms with Gasteiger partial charge in [0.1, 0.15) is 5.82 Å². The van der Waals surface area contributed by atoms with Crippen molar-refractivity contribution >= 4 is 33.0 Å². The molecule has 11 heteroatoms. The molecule has 9 nitrogen and oxygen atoms in total. The van der Waals surface area contributed by atoms with Gasteiger partial charge in [0, 0.05) is 55.8 Å². The highest BCUT2D eigenvalue weighted by Gasteiger charge is 2.52. The highest BCUT2D eigenvalue weighted by molar-refractivity contribution is 7.91. The summed E-state index contributed by atoms with van der Waals surface area (Å²) in [5, 5.41) is 16.6. The number of anilines is 2. The second-order valence-electron chi connectivity index (χ2n) is 13.9. The average molecular weight is 698 g/mol. The SMILES string of the molecule is C=CC(=O)Nc1cccc(S(=O)(=O)c2ccc(N3CC(CN4CCC(C(C#N)(c5cccc(F)c5)[C@H]5CCC[C@@H]5NC(C)=O)CC4)C3)cc2)c1. The van der Waals surface area contributed by atoms with Crippen LogP contribution < -0.4 is 15.5 Å². The van der Waals surface area contributed by atoms with Crippen LogP contribution in [0.3, 0.4) is 0 Å². The minimum absolute atomic E-state index is 0.0472. The van der Waals surface area contributed by atoms with Gasteiger partial charge in [-0.05, 0) is 111 Å². The summed E-state index contributed by atoms with van der Waals surface area (Å²) in [4.78, 5) is 28.7. The molecule has 2 N–H and O–H groups in total. The summed E-state index contributed by atoms with van der Waals surface area (Å²) in [7, 11) is -3.78. The molecule has 3 aromatic carbocycles. The first-order valence-electron chi connectivity index (χ1n) is 17.3. The highest BCUT2D eigenvalue weighted by Crippen LogP contribution is 2.50. The van der Waals surface area contributed by atoms with Crippen LogP contribution in [0.25, 0.3) is 0 Å². The Morgan fingerprint density at radius 1 is 1.00 bits per heavy atom. The molecular weight excluding hydrogens is 654 g/mol. The van der Waals surface area contributed by atoms with E-state index < -0.39 is 21.2 Å². The van der Waals surface area contributed by atoms with Gasteiger partial charge in [0.2, 0.25) is 21.7 Å². The van der Waals surface area contributed by atoms with Crippen LogP contribution in [0.1, 0.15) is 44.6 Å². The minimum atomic E-state index is -3.78. The van der Waals surface area contributed by atoms with Crippen LogP contribution in [-0.4, -0.2) is 63.9 Å². The van der Waals surface area contributed by atoms with Crippen molar-refractivity contribution in [2.75, 3.05) is 42.9 Å². The maximum atomic E-state index is 14.6. The quantitative estimate of drug-likeness (QED) is 0.247. The number of halogens is 1. The lowest BCUT2D eigenvalue weighted by atomic mass is 9.59. The number of rotatable bonds is 11. The van der Waals surface area contributed by atoms with E-state index in [2.05, 4.69) is 33.1 Å². The summed E-state index contributed by atoms with van der Waals surface area (Å²) in [6.45, 7) is 9.30. The van der Waals surface area contributed by atoms with Crippen LogP contribution in [0.15, 0.2) is 95.2 Å². The van der Waals surface area contributed by atoms with Gasteiger partial charge in [0.25, 0.3) is 0 Å². The number of nitrogens with zero attached hydrogens (tertiary/aromatic N) is 3. The molecule has 3 atom stereocenters. The Morgan fingerprint density at radius 3 is 2.38 bits per heavy atom. The van der Waals surface area contributed by atoms with Gasteiger partial charge in [-0.3, -0.25) is 9.59 Å². The Morgan fingerprint density at radius 2 is 1.72 bits per heavy atom. The van der Waals surface area contributed by atoms with Gasteiger partial charge in [-0.15, -0.1) is 0 Å². The first kappa shape index (κ1) is 35.3. The zero-order valence-corrected chi connectivity index (χ0v) is 29.2. The molecule has 3 fully saturated rings. The second kappa shape index (κ2) is 14.8. The summed E-state index contributed by atoms with van der Waals surface area (Å²) in [6, 6.07) is 22.2. The van der Waals surface area contributed by atoms with E-state index in [4.69, 9.17) is 0 Å². The predicted molar refractivity (Wildman–Crippen MR) is 191 cm³/mol. The number of hydrogen-bond donors (Lipinski definition) is 2. The predicted octanol–water partition coefficient (Wildman–Crippen LogP) is 5.70. The van der Waals surface area contributed by atoms with Crippen LogP contribution in [0.5, 0.6) is 0 Å². The van der Waals surface area contributed by atoms with Gasteiger partial charge < -0.3 is 20.4 Å². The van der Waals surface area contributed by atoms with Crippen LogP contribution >= 0.6 is 0 Å². The number of nitriles is 1. The van der Waals surface area contributed by atoms with Crippen molar-refractivity contribution in [3.8, 4) is 6.07 Å². The summed E-state index contributed by atoms with van der Waals surface area (Å²) < 4.78 is 41.2. The summed E-state index contributed by atoms with van der Waals surface area (Å²) in [5.74, 6) is -0.429. The van der Waals surface area contributed by atoms with Crippen molar-refractivity contribution in [2.24, 2.45) is 17.8 Å². The van der Waals surface area contributed by atoms with E-state index in [0.29, 0.717) is 11.6 Å². The summed E-state index contributed by atoms with van der Waals surface area (Å²) in [6.07, 6.45) is 5.34. The number of carbonyl (C=O) groups excluding carboxylic acids is 2. The number of benzene rings is 3. The molecule has 0 radical (unpaired) electrons. The number of nitrogens with one attached hydrogen (secondary N) is 2. The van der Waals surface area contributed by atoms with Gasteiger partial charge in [0.15, 0.2) is 0 Å². The molecule has 1 aliphatic carbocycles. The third kappa shape index (κ3) is 7.18. The molecule has 50 heavy (non-hydrogen) atoms. The van der Waals surface area contributed by atoms with Crippen LogP contribution in [0.2, 0.25) is 0 Å². The number of piperidine rings is 1. The topological polar surface area (TPSA) is 123 Å². The molecular formula is C39H44FN5O4S. The third-order valence-corrected chi connectivity index (χ3v) is 12.6. The Labute approximate surface area is 294 Å². The lowest BCUT2D eigenvalue weighted by Crippen LogP contribution is -2.55. The van der Waals surface area contributed by atoms with E-state index in [9.17, 15) is 27.7 Å². The van der Waals surface area contributed by atoms with Crippen LogP contribution in [0.4, 0.5) is 15.8 Å². The molecule has 0 bridgehead atoms. The van der Waals surface area contributed by atoms with Crippen molar-refractivity contribution in [1.82, 2.24) is 10.2 Å². The molecule has 2 heterocycles.